The number of thioether (sulfide) groups is 1. The minimum absolute atomic E-state index is 0.352. The van der Waals surface area contributed by atoms with Crippen molar-refractivity contribution in [2.45, 2.75) is 31.9 Å². The first kappa shape index (κ1) is 28.1. The van der Waals surface area contributed by atoms with Crippen LogP contribution in [-0.2, 0) is 11.2 Å². The van der Waals surface area contributed by atoms with Gasteiger partial charge in [0.2, 0.25) is 0 Å². The van der Waals surface area contributed by atoms with E-state index < -0.39 is 24.0 Å². The molecule has 0 aliphatic heterocycles. The summed E-state index contributed by atoms with van der Waals surface area (Å²) in [5.74, 6) is -0.810. The van der Waals surface area contributed by atoms with E-state index in [1.165, 1.54) is 0 Å². The van der Waals surface area contributed by atoms with Crippen LogP contribution in [0.2, 0.25) is 0 Å². The number of fused-ring (bicyclic) bond motifs is 1. The number of carboxylic acid groups (broad SMARTS) is 1. The van der Waals surface area contributed by atoms with Crippen LogP contribution in [0.4, 0.5) is 0 Å². The van der Waals surface area contributed by atoms with Crippen LogP contribution in [0.25, 0.3) is 21.9 Å². The number of carbonyl (C=O) groups excluding carboxylic acids is 1. The van der Waals surface area contributed by atoms with E-state index in [1.807, 2.05) is 98.1 Å². The van der Waals surface area contributed by atoms with Crippen molar-refractivity contribution in [2.75, 3.05) is 12.0 Å². The summed E-state index contributed by atoms with van der Waals surface area (Å²) in [6, 6.07) is 26.5. The first-order valence-corrected chi connectivity index (χ1v) is 14.3. The molecule has 0 aliphatic rings. The van der Waals surface area contributed by atoms with Crippen molar-refractivity contribution >= 4 is 34.4 Å². The summed E-state index contributed by atoms with van der Waals surface area (Å²) in [6.07, 6.45) is 5.80. The minimum Gasteiger partial charge on any atom is -0.480 e. The molecule has 5 nitrogen and oxygen atoms in total. The third-order valence-electron chi connectivity index (χ3n) is 6.76. The Morgan fingerprint density at radius 1 is 0.923 bits per heavy atom. The van der Waals surface area contributed by atoms with Crippen LogP contribution < -0.4 is 5.32 Å². The maximum atomic E-state index is 13.3. The Hall–Kier alpha value is -3.87. The molecular formula is C33H33NO4S. The van der Waals surface area contributed by atoms with Gasteiger partial charge in [0.25, 0.3) is 5.91 Å². The Balaban J connectivity index is 1.57. The molecular weight excluding hydrogens is 506 g/mol. The fourth-order valence-electron chi connectivity index (χ4n) is 4.58. The summed E-state index contributed by atoms with van der Waals surface area (Å²) in [5.41, 5.74) is 4.92. The van der Waals surface area contributed by atoms with E-state index in [0.29, 0.717) is 24.2 Å². The normalized spacial score (nSPS) is 12.9. The average molecular weight is 540 g/mol. The fraction of sp³-hybridized carbons (Fsp3) is 0.212. The van der Waals surface area contributed by atoms with Gasteiger partial charge in [-0.1, -0.05) is 84.9 Å². The zero-order valence-electron chi connectivity index (χ0n) is 22.1. The van der Waals surface area contributed by atoms with Gasteiger partial charge in [-0.05, 0) is 82.5 Å². The Morgan fingerprint density at radius 3 is 2.41 bits per heavy atom. The quantitative estimate of drug-likeness (QED) is 0.187. The lowest BCUT2D eigenvalue weighted by Crippen LogP contribution is -2.41. The first-order valence-electron chi connectivity index (χ1n) is 12.9. The Labute approximate surface area is 233 Å². The van der Waals surface area contributed by atoms with E-state index >= 15 is 0 Å². The molecule has 1 amide bonds. The number of hydrogen-bond donors (Lipinski definition) is 3. The lowest BCUT2D eigenvalue weighted by atomic mass is 9.92. The van der Waals surface area contributed by atoms with Crippen molar-refractivity contribution in [3.8, 4) is 11.1 Å². The molecule has 0 heterocycles. The summed E-state index contributed by atoms with van der Waals surface area (Å²) in [7, 11) is 0. The van der Waals surface area contributed by atoms with Crippen molar-refractivity contribution < 1.29 is 19.8 Å². The summed E-state index contributed by atoms with van der Waals surface area (Å²) < 4.78 is 0. The lowest BCUT2D eigenvalue weighted by Gasteiger charge is -2.17. The second-order valence-corrected chi connectivity index (χ2v) is 10.5. The second-order valence-electron chi connectivity index (χ2n) is 9.52. The molecule has 4 rings (SSSR count). The summed E-state index contributed by atoms with van der Waals surface area (Å²) in [6.45, 7) is 1.99. The highest BCUT2D eigenvalue weighted by Gasteiger charge is 2.22. The number of nitrogens with one attached hydrogen (secondary N) is 1. The molecule has 200 valence electrons. The molecule has 6 heteroatoms. The van der Waals surface area contributed by atoms with Gasteiger partial charge in [0.1, 0.15) is 6.04 Å². The molecule has 0 radical (unpaired) electrons. The molecule has 0 saturated carbocycles. The van der Waals surface area contributed by atoms with Crippen LogP contribution in [0.15, 0.2) is 97.1 Å². The number of carbonyl (C=O) groups is 2. The Bertz CT molecular complexity index is 1500. The van der Waals surface area contributed by atoms with Crippen LogP contribution in [0.3, 0.4) is 0 Å². The van der Waals surface area contributed by atoms with Crippen molar-refractivity contribution in [2.24, 2.45) is 0 Å². The molecule has 3 N–H and O–H groups in total. The first-order chi connectivity index (χ1) is 18.9. The van der Waals surface area contributed by atoms with E-state index in [1.54, 1.807) is 23.9 Å². The monoisotopic (exact) mass is 539 g/mol. The predicted molar refractivity (Wildman–Crippen MR) is 160 cm³/mol. The molecule has 0 bridgehead atoms. The number of benzene rings is 4. The van der Waals surface area contributed by atoms with Crippen LogP contribution in [0.1, 0.15) is 39.6 Å². The maximum absolute atomic E-state index is 13.3. The van der Waals surface area contributed by atoms with E-state index in [9.17, 15) is 19.8 Å². The van der Waals surface area contributed by atoms with Gasteiger partial charge in [-0.15, -0.1) is 0 Å². The third kappa shape index (κ3) is 7.16. The number of hydrogen-bond acceptors (Lipinski definition) is 4. The van der Waals surface area contributed by atoms with Crippen molar-refractivity contribution in [3.63, 3.8) is 0 Å². The van der Waals surface area contributed by atoms with Crippen LogP contribution in [0.5, 0.6) is 0 Å². The molecule has 2 atom stereocenters. The summed E-state index contributed by atoms with van der Waals surface area (Å²) >= 11 is 1.54. The molecule has 4 aromatic rings. The smallest absolute Gasteiger partial charge is 0.326 e. The maximum Gasteiger partial charge on any atom is 0.326 e. The lowest BCUT2D eigenvalue weighted by molar-refractivity contribution is -0.139. The largest absolute Gasteiger partial charge is 0.480 e. The van der Waals surface area contributed by atoms with Gasteiger partial charge >= 0.3 is 5.97 Å². The van der Waals surface area contributed by atoms with Crippen LogP contribution in [-0.4, -0.2) is 40.1 Å². The fourth-order valence-corrected chi connectivity index (χ4v) is 5.05. The minimum atomic E-state index is -1.04. The zero-order chi connectivity index (χ0) is 27.8. The number of rotatable bonds is 11. The number of aryl methyl sites for hydroxylation is 1. The topological polar surface area (TPSA) is 86.6 Å². The number of aliphatic hydroxyl groups is 1. The zero-order valence-corrected chi connectivity index (χ0v) is 22.9. The average Bonchev–Trinajstić information content (AvgIpc) is 2.94. The third-order valence-corrected chi connectivity index (χ3v) is 7.41. The van der Waals surface area contributed by atoms with Crippen molar-refractivity contribution in [1.82, 2.24) is 5.32 Å². The van der Waals surface area contributed by atoms with Gasteiger partial charge in [0.05, 0.1) is 6.10 Å². The van der Waals surface area contributed by atoms with Gasteiger partial charge in [-0.3, -0.25) is 4.79 Å². The SMILES string of the molecule is CSCC[C@H](NC(=O)c1ccc(CC=CC(O)c2ccc3ccccc3c2)cc1-c1ccccc1C)C(=O)O. The summed E-state index contributed by atoms with van der Waals surface area (Å²) in [4.78, 5) is 25.0. The molecule has 0 fully saturated rings. The highest BCUT2D eigenvalue weighted by atomic mass is 32.2. The number of aliphatic carboxylic acids is 1. The van der Waals surface area contributed by atoms with Gasteiger partial charge < -0.3 is 15.5 Å². The van der Waals surface area contributed by atoms with Gasteiger partial charge in [-0.2, -0.15) is 11.8 Å². The number of allylic oxidation sites excluding steroid dienone is 1. The molecule has 4 aromatic carbocycles. The van der Waals surface area contributed by atoms with Crippen molar-refractivity contribution in [3.05, 3.63) is 119 Å². The molecule has 0 spiro atoms. The van der Waals surface area contributed by atoms with E-state index in [4.69, 9.17) is 0 Å². The molecule has 0 aromatic heterocycles. The Kier molecular flexibility index (Phi) is 9.58. The number of amides is 1. The van der Waals surface area contributed by atoms with E-state index in [0.717, 1.165) is 38.6 Å². The van der Waals surface area contributed by atoms with E-state index in [-0.39, 0.29) is 0 Å². The molecule has 1 unspecified atom stereocenters. The summed E-state index contributed by atoms with van der Waals surface area (Å²) in [5, 5.41) is 25.3. The molecule has 0 saturated heterocycles. The highest BCUT2D eigenvalue weighted by Crippen LogP contribution is 2.29. The van der Waals surface area contributed by atoms with Crippen LogP contribution in [0, 0.1) is 6.92 Å². The molecule has 0 aliphatic carbocycles. The Morgan fingerprint density at radius 2 is 1.67 bits per heavy atom. The number of carboxylic acids is 1. The van der Waals surface area contributed by atoms with Crippen LogP contribution >= 0.6 is 11.8 Å². The van der Waals surface area contributed by atoms with Gasteiger partial charge in [0.15, 0.2) is 0 Å². The predicted octanol–water partition coefficient (Wildman–Crippen LogP) is 6.58. The second kappa shape index (κ2) is 13.3. The molecule has 39 heavy (non-hydrogen) atoms. The van der Waals surface area contributed by atoms with Gasteiger partial charge in [-0.25, -0.2) is 4.79 Å². The van der Waals surface area contributed by atoms with E-state index in [2.05, 4.69) is 5.32 Å². The standard InChI is InChI=1S/C33H33NO4S/c1-22-8-3-6-12-27(22)29-20-23(14-17-28(29)32(36)34-30(33(37)38)18-19-39-2)9-7-13-31(35)26-16-15-24-10-4-5-11-25(24)21-26/h3-8,10-17,20-21,30-31,35H,9,18-19H2,1-2H3,(H,34,36)(H,37,38)/t30-,31?/m0/s1. The number of aliphatic hydroxyl groups excluding tert-OH is 1. The van der Waals surface area contributed by atoms with Gasteiger partial charge in [0, 0.05) is 5.56 Å². The highest BCUT2D eigenvalue weighted by molar-refractivity contribution is 7.98. The van der Waals surface area contributed by atoms with Crippen molar-refractivity contribution in [1.29, 1.82) is 0 Å².